The van der Waals surface area contributed by atoms with Crippen LogP contribution in [0.4, 0.5) is 0 Å². The first kappa shape index (κ1) is 18.6. The van der Waals surface area contributed by atoms with E-state index < -0.39 is 21.9 Å². The van der Waals surface area contributed by atoms with Crippen LogP contribution in [0.15, 0.2) is 77.8 Å². The zero-order valence-electron chi connectivity index (χ0n) is 14.5. The number of carbonyl (C=O) groups excluding carboxylic acids is 1. The summed E-state index contributed by atoms with van der Waals surface area (Å²) in [5, 5.41) is 10.0. The van der Waals surface area contributed by atoms with E-state index in [1.54, 1.807) is 42.5 Å². The summed E-state index contributed by atoms with van der Waals surface area (Å²) in [6.07, 6.45) is 0.171. The van der Waals surface area contributed by atoms with Gasteiger partial charge in [0.2, 0.25) is 0 Å². The smallest absolute Gasteiger partial charge is 0.268 e. The Morgan fingerprint density at radius 1 is 1.00 bits per heavy atom. The number of Topliss-reactive ketones (excluding diaryl/α,β-unsaturated/α-hetero) is 1. The van der Waals surface area contributed by atoms with E-state index in [1.807, 2.05) is 6.92 Å². The molecule has 0 aliphatic carbocycles. The van der Waals surface area contributed by atoms with E-state index in [1.165, 1.54) is 30.5 Å². The predicted molar refractivity (Wildman–Crippen MR) is 102 cm³/mol. The van der Waals surface area contributed by atoms with Crippen LogP contribution in [0.5, 0.6) is 0 Å². The van der Waals surface area contributed by atoms with Crippen molar-refractivity contribution in [3.05, 3.63) is 89.7 Å². The lowest BCUT2D eigenvalue weighted by Gasteiger charge is -2.08. The number of ketones is 1. The van der Waals surface area contributed by atoms with Crippen LogP contribution in [0, 0.1) is 18.8 Å². The van der Waals surface area contributed by atoms with Crippen molar-refractivity contribution < 1.29 is 18.3 Å². The van der Waals surface area contributed by atoms with Crippen molar-refractivity contribution in [3.63, 3.8) is 0 Å². The van der Waals surface area contributed by atoms with Crippen molar-refractivity contribution in [2.24, 2.45) is 0 Å². The number of aliphatic hydroxyl groups is 1. The van der Waals surface area contributed by atoms with Crippen molar-refractivity contribution >= 4 is 15.8 Å². The van der Waals surface area contributed by atoms with Gasteiger partial charge in [-0.1, -0.05) is 53.9 Å². The van der Waals surface area contributed by atoms with Gasteiger partial charge in [-0.2, -0.15) is 0 Å². The monoisotopic (exact) mass is 379 g/mol. The third-order valence-corrected chi connectivity index (χ3v) is 5.67. The fraction of sp³-hybridized carbons (Fsp3) is 0.0952. The Morgan fingerprint density at radius 2 is 1.67 bits per heavy atom. The lowest BCUT2D eigenvalue weighted by molar-refractivity contribution is 0.105. The molecule has 0 aliphatic heterocycles. The minimum absolute atomic E-state index is 0.0793. The van der Waals surface area contributed by atoms with Crippen molar-refractivity contribution in [1.29, 1.82) is 0 Å². The van der Waals surface area contributed by atoms with Crippen molar-refractivity contribution in [2.75, 3.05) is 0 Å². The minimum atomic E-state index is -3.91. The summed E-state index contributed by atoms with van der Waals surface area (Å²) < 4.78 is 26.5. The fourth-order valence-electron chi connectivity index (χ4n) is 2.49. The van der Waals surface area contributed by atoms with Gasteiger partial charge in [-0.15, -0.1) is 0 Å². The van der Waals surface area contributed by atoms with Gasteiger partial charge in [-0.25, -0.2) is 12.4 Å². The lowest BCUT2D eigenvalue weighted by atomic mass is 10.1. The molecule has 1 unspecified atom stereocenters. The molecule has 136 valence electrons. The number of hydrogen-bond acceptors (Lipinski definition) is 4. The Balaban J connectivity index is 1.90. The second kappa shape index (κ2) is 7.62. The van der Waals surface area contributed by atoms with Gasteiger partial charge in [0.25, 0.3) is 15.8 Å². The van der Waals surface area contributed by atoms with E-state index in [9.17, 15) is 18.3 Å². The number of nitrogens with zero attached hydrogens (tertiary/aromatic N) is 1. The maximum atomic E-state index is 12.8. The first-order chi connectivity index (χ1) is 12.9. The Morgan fingerprint density at radius 3 is 2.33 bits per heavy atom. The fourth-order valence-corrected chi connectivity index (χ4v) is 3.83. The number of benzene rings is 2. The molecular formula is C21H17NO4S. The SMILES string of the molecule is Cc1ccc(S(=O)(=O)n2cccc2C(=O)C#CC(O)c2ccccc2)cc1. The minimum Gasteiger partial charge on any atom is -0.376 e. The number of carbonyl (C=O) groups is 1. The summed E-state index contributed by atoms with van der Waals surface area (Å²) in [4.78, 5) is 12.5. The number of aromatic nitrogens is 1. The second-order valence-corrected chi connectivity index (χ2v) is 7.73. The highest BCUT2D eigenvalue weighted by Gasteiger charge is 2.22. The van der Waals surface area contributed by atoms with Crippen LogP contribution in [0.3, 0.4) is 0 Å². The predicted octanol–water partition coefficient (Wildman–Crippen LogP) is 2.95. The Bertz CT molecular complexity index is 1120. The van der Waals surface area contributed by atoms with E-state index in [0.717, 1.165) is 9.54 Å². The van der Waals surface area contributed by atoms with Gasteiger partial charge >= 0.3 is 0 Å². The van der Waals surface area contributed by atoms with Gasteiger partial charge in [0, 0.05) is 6.20 Å². The molecule has 6 heteroatoms. The summed E-state index contributed by atoms with van der Waals surface area (Å²) >= 11 is 0. The molecule has 0 bridgehead atoms. The quantitative estimate of drug-likeness (QED) is 0.430. The third kappa shape index (κ3) is 4.00. The van der Waals surface area contributed by atoms with E-state index >= 15 is 0 Å². The molecule has 3 aromatic rings. The normalized spacial score (nSPS) is 12.1. The average molecular weight is 379 g/mol. The maximum Gasteiger partial charge on any atom is 0.268 e. The topological polar surface area (TPSA) is 76.4 Å². The largest absolute Gasteiger partial charge is 0.376 e. The summed E-state index contributed by atoms with van der Waals surface area (Å²) in [5.41, 5.74) is 1.40. The van der Waals surface area contributed by atoms with Crippen LogP contribution in [0.25, 0.3) is 0 Å². The molecule has 0 saturated carbocycles. The first-order valence-electron chi connectivity index (χ1n) is 8.18. The number of aryl methyl sites for hydroxylation is 1. The molecule has 27 heavy (non-hydrogen) atoms. The van der Waals surface area contributed by atoms with E-state index in [4.69, 9.17) is 0 Å². The van der Waals surface area contributed by atoms with Gasteiger partial charge in [-0.3, -0.25) is 4.79 Å². The van der Waals surface area contributed by atoms with Crippen molar-refractivity contribution in [1.82, 2.24) is 3.97 Å². The summed E-state index contributed by atoms with van der Waals surface area (Å²) in [6.45, 7) is 1.86. The highest BCUT2D eigenvalue weighted by Crippen LogP contribution is 2.18. The molecule has 0 saturated heterocycles. The van der Waals surface area contributed by atoms with Crippen LogP contribution in [-0.2, 0) is 10.0 Å². The van der Waals surface area contributed by atoms with Crippen LogP contribution >= 0.6 is 0 Å². The van der Waals surface area contributed by atoms with E-state index in [2.05, 4.69) is 11.8 Å². The second-order valence-electron chi connectivity index (χ2n) is 5.92. The van der Waals surface area contributed by atoms with Gasteiger partial charge in [0.05, 0.1) is 4.90 Å². The molecule has 2 aromatic carbocycles. The molecule has 1 aromatic heterocycles. The van der Waals surface area contributed by atoms with E-state index in [-0.39, 0.29) is 10.6 Å². The molecule has 0 amide bonds. The van der Waals surface area contributed by atoms with Crippen LogP contribution < -0.4 is 0 Å². The van der Waals surface area contributed by atoms with Crippen LogP contribution in [-0.4, -0.2) is 23.3 Å². The van der Waals surface area contributed by atoms with Gasteiger partial charge in [-0.05, 0) is 42.7 Å². The maximum absolute atomic E-state index is 12.8. The molecule has 0 aliphatic rings. The van der Waals surface area contributed by atoms with Crippen molar-refractivity contribution in [2.45, 2.75) is 17.9 Å². The zero-order valence-corrected chi connectivity index (χ0v) is 15.3. The standard InChI is InChI=1S/C21H17NO4S/c1-16-9-11-18(12-10-16)27(25,26)22-15-5-8-19(22)21(24)14-13-20(23)17-6-3-2-4-7-17/h2-12,15,20,23H,1H3. The first-order valence-corrected chi connectivity index (χ1v) is 9.62. The summed E-state index contributed by atoms with van der Waals surface area (Å²) in [6, 6.07) is 17.9. The molecular weight excluding hydrogens is 362 g/mol. The molecule has 0 fully saturated rings. The van der Waals surface area contributed by atoms with Crippen LogP contribution in [0.2, 0.25) is 0 Å². The summed E-state index contributed by atoms with van der Waals surface area (Å²) in [7, 11) is -3.91. The molecule has 1 N–H and O–H groups in total. The lowest BCUT2D eigenvalue weighted by Crippen LogP contribution is -2.17. The third-order valence-electron chi connectivity index (χ3n) is 3.96. The Hall–Kier alpha value is -3.14. The highest BCUT2D eigenvalue weighted by atomic mass is 32.2. The average Bonchev–Trinajstić information content (AvgIpc) is 3.18. The van der Waals surface area contributed by atoms with E-state index in [0.29, 0.717) is 5.56 Å². The molecule has 0 spiro atoms. The molecule has 1 atom stereocenters. The van der Waals surface area contributed by atoms with Gasteiger partial charge in [0.1, 0.15) is 11.8 Å². The molecule has 3 rings (SSSR count). The number of hydrogen-bond donors (Lipinski definition) is 1. The number of aliphatic hydroxyl groups excluding tert-OH is 1. The Labute approximate surface area is 158 Å². The highest BCUT2D eigenvalue weighted by molar-refractivity contribution is 7.90. The number of rotatable bonds is 4. The van der Waals surface area contributed by atoms with Gasteiger partial charge in [0.15, 0.2) is 0 Å². The van der Waals surface area contributed by atoms with Crippen molar-refractivity contribution in [3.8, 4) is 11.8 Å². The van der Waals surface area contributed by atoms with Gasteiger partial charge < -0.3 is 5.11 Å². The Kier molecular flexibility index (Phi) is 5.26. The summed E-state index contributed by atoms with van der Waals surface area (Å²) in [5.74, 6) is 4.10. The molecule has 1 heterocycles. The zero-order chi connectivity index (χ0) is 19.4. The molecule has 5 nitrogen and oxygen atoms in total. The molecule has 0 radical (unpaired) electrons. The van der Waals surface area contributed by atoms with Crippen LogP contribution in [0.1, 0.15) is 27.7 Å².